The van der Waals surface area contributed by atoms with Crippen LogP contribution in [0.25, 0.3) is 0 Å². The van der Waals surface area contributed by atoms with E-state index in [1.165, 1.54) is 7.11 Å². The summed E-state index contributed by atoms with van der Waals surface area (Å²) in [4.78, 5) is 0.247. The smallest absolute Gasteiger partial charge is 0.241 e. The summed E-state index contributed by atoms with van der Waals surface area (Å²) in [6.45, 7) is 7.28. The van der Waals surface area contributed by atoms with Gasteiger partial charge < -0.3 is 10.5 Å². The Labute approximate surface area is 115 Å². The van der Waals surface area contributed by atoms with Gasteiger partial charge in [0.25, 0.3) is 0 Å². The summed E-state index contributed by atoms with van der Waals surface area (Å²) < 4.78 is 32.7. The minimum atomic E-state index is -3.63. The van der Waals surface area contributed by atoms with Crippen molar-refractivity contribution in [3.05, 3.63) is 23.3 Å². The fraction of sp³-hybridized carbons (Fsp3) is 0.538. The molecule has 0 radical (unpaired) electrons. The Morgan fingerprint density at radius 2 is 1.89 bits per heavy atom. The second-order valence-corrected chi connectivity index (χ2v) is 6.97. The van der Waals surface area contributed by atoms with Crippen LogP contribution < -0.4 is 10.5 Å². The lowest BCUT2D eigenvalue weighted by Crippen LogP contribution is -2.47. The van der Waals surface area contributed by atoms with Crippen LogP contribution >= 0.6 is 0 Å². The van der Waals surface area contributed by atoms with Gasteiger partial charge in [-0.25, -0.2) is 13.1 Å². The van der Waals surface area contributed by atoms with Crippen LogP contribution in [0.3, 0.4) is 0 Å². The largest absolute Gasteiger partial charge is 0.398 e. The highest BCUT2D eigenvalue weighted by molar-refractivity contribution is 7.89. The standard InChI is InChI=1S/C13H22N2O3S/c1-9-6-7-11(14)10(2)12(9)19(16,17)15-13(3,4)8-18-5/h6-7,15H,8,14H2,1-5H3. The molecule has 0 bridgehead atoms. The first-order valence-corrected chi connectivity index (χ1v) is 7.47. The zero-order chi connectivity index (χ0) is 14.8. The van der Waals surface area contributed by atoms with E-state index in [-0.39, 0.29) is 11.5 Å². The molecule has 0 aliphatic carbocycles. The van der Waals surface area contributed by atoms with Crippen LogP contribution in [0.15, 0.2) is 17.0 Å². The summed E-state index contributed by atoms with van der Waals surface area (Å²) in [6, 6.07) is 3.42. The number of methoxy groups -OCH3 is 1. The minimum Gasteiger partial charge on any atom is -0.398 e. The Bertz CT molecular complexity index is 565. The van der Waals surface area contributed by atoms with Gasteiger partial charge in [0.1, 0.15) is 0 Å². The molecule has 1 aromatic carbocycles. The topological polar surface area (TPSA) is 81.4 Å². The van der Waals surface area contributed by atoms with Crippen LogP contribution in [-0.2, 0) is 14.8 Å². The molecule has 5 nitrogen and oxygen atoms in total. The number of rotatable bonds is 5. The van der Waals surface area contributed by atoms with E-state index in [2.05, 4.69) is 4.72 Å². The van der Waals surface area contributed by atoms with Gasteiger partial charge in [0.05, 0.1) is 17.0 Å². The highest BCUT2D eigenvalue weighted by atomic mass is 32.2. The second kappa shape index (κ2) is 5.48. The molecule has 1 rings (SSSR count). The second-order valence-electron chi connectivity index (χ2n) is 5.35. The number of nitrogens with one attached hydrogen (secondary N) is 1. The molecule has 19 heavy (non-hydrogen) atoms. The normalized spacial score (nSPS) is 12.7. The van der Waals surface area contributed by atoms with E-state index in [1.807, 2.05) is 0 Å². The summed E-state index contributed by atoms with van der Waals surface area (Å²) in [5, 5.41) is 0. The first-order chi connectivity index (χ1) is 8.60. The van der Waals surface area contributed by atoms with Gasteiger partial charge in [-0.15, -0.1) is 0 Å². The van der Waals surface area contributed by atoms with Crippen molar-refractivity contribution < 1.29 is 13.2 Å². The van der Waals surface area contributed by atoms with Crippen LogP contribution in [-0.4, -0.2) is 27.7 Å². The molecule has 0 unspecified atom stereocenters. The van der Waals surface area contributed by atoms with E-state index in [1.54, 1.807) is 39.8 Å². The lowest BCUT2D eigenvalue weighted by atomic mass is 10.1. The van der Waals surface area contributed by atoms with Crippen molar-refractivity contribution in [1.82, 2.24) is 4.72 Å². The van der Waals surface area contributed by atoms with Crippen molar-refractivity contribution in [3.63, 3.8) is 0 Å². The number of benzene rings is 1. The fourth-order valence-corrected chi connectivity index (χ4v) is 3.96. The van der Waals surface area contributed by atoms with Crippen molar-refractivity contribution in [2.75, 3.05) is 19.5 Å². The third-order valence-corrected chi connectivity index (χ3v) is 4.82. The van der Waals surface area contributed by atoms with Crippen LogP contribution in [0.5, 0.6) is 0 Å². The summed E-state index contributed by atoms with van der Waals surface area (Å²) in [5.74, 6) is 0. The monoisotopic (exact) mass is 286 g/mol. The molecule has 0 atom stereocenters. The first-order valence-electron chi connectivity index (χ1n) is 5.99. The number of aryl methyl sites for hydroxylation is 1. The molecule has 0 spiro atoms. The van der Waals surface area contributed by atoms with Crippen molar-refractivity contribution in [2.24, 2.45) is 0 Å². The molecule has 6 heteroatoms. The number of sulfonamides is 1. The quantitative estimate of drug-likeness (QED) is 0.805. The number of hydrogen-bond donors (Lipinski definition) is 2. The number of anilines is 1. The molecular formula is C13H22N2O3S. The van der Waals surface area contributed by atoms with E-state index in [9.17, 15) is 8.42 Å². The molecule has 1 aromatic rings. The third kappa shape index (κ3) is 3.68. The van der Waals surface area contributed by atoms with Crippen molar-refractivity contribution in [1.29, 1.82) is 0 Å². The number of nitrogen functional groups attached to an aromatic ring is 1. The molecule has 0 aliphatic heterocycles. The third-order valence-electron chi connectivity index (χ3n) is 2.83. The molecule has 0 aromatic heterocycles. The van der Waals surface area contributed by atoms with E-state index < -0.39 is 15.6 Å². The molecule has 0 fully saturated rings. The molecule has 0 amide bonds. The maximum atomic E-state index is 12.5. The molecule has 108 valence electrons. The summed E-state index contributed by atoms with van der Waals surface area (Å²) in [6.07, 6.45) is 0. The lowest BCUT2D eigenvalue weighted by Gasteiger charge is -2.26. The first kappa shape index (κ1) is 15.9. The van der Waals surface area contributed by atoms with Gasteiger partial charge in [-0.1, -0.05) is 6.07 Å². The summed E-state index contributed by atoms with van der Waals surface area (Å²) in [7, 11) is -2.10. The van der Waals surface area contributed by atoms with Crippen LogP contribution in [0.1, 0.15) is 25.0 Å². The molecule has 0 saturated carbocycles. The zero-order valence-electron chi connectivity index (χ0n) is 12.1. The van der Waals surface area contributed by atoms with Gasteiger partial charge in [0, 0.05) is 12.8 Å². The molecule has 3 N–H and O–H groups in total. The fourth-order valence-electron chi connectivity index (χ4n) is 2.06. The Kier molecular flexibility index (Phi) is 4.60. The van der Waals surface area contributed by atoms with E-state index in [0.717, 1.165) is 0 Å². The SMILES string of the molecule is COCC(C)(C)NS(=O)(=O)c1c(C)ccc(N)c1C. The molecular weight excluding hydrogens is 264 g/mol. The molecule has 0 aliphatic rings. The van der Waals surface area contributed by atoms with Gasteiger partial charge in [-0.05, 0) is 44.9 Å². The Morgan fingerprint density at radius 1 is 1.32 bits per heavy atom. The highest BCUT2D eigenvalue weighted by Crippen LogP contribution is 2.25. The Morgan fingerprint density at radius 3 is 2.42 bits per heavy atom. The maximum Gasteiger partial charge on any atom is 0.241 e. The van der Waals surface area contributed by atoms with Gasteiger partial charge >= 0.3 is 0 Å². The molecule has 0 heterocycles. The number of nitrogens with two attached hydrogens (primary N) is 1. The van der Waals surface area contributed by atoms with E-state index in [0.29, 0.717) is 16.8 Å². The number of ether oxygens (including phenoxy) is 1. The predicted molar refractivity (Wildman–Crippen MR) is 76.6 cm³/mol. The van der Waals surface area contributed by atoms with Gasteiger partial charge in [-0.3, -0.25) is 0 Å². The Hall–Kier alpha value is -1.11. The summed E-state index contributed by atoms with van der Waals surface area (Å²) >= 11 is 0. The average Bonchev–Trinajstić information content (AvgIpc) is 2.21. The Balaban J connectivity index is 3.26. The van der Waals surface area contributed by atoms with Crippen LogP contribution in [0, 0.1) is 13.8 Å². The van der Waals surface area contributed by atoms with E-state index in [4.69, 9.17) is 10.5 Å². The van der Waals surface area contributed by atoms with Crippen molar-refractivity contribution >= 4 is 15.7 Å². The van der Waals surface area contributed by atoms with Crippen LogP contribution in [0.4, 0.5) is 5.69 Å². The highest BCUT2D eigenvalue weighted by Gasteiger charge is 2.28. The van der Waals surface area contributed by atoms with Gasteiger partial charge in [0.2, 0.25) is 10.0 Å². The van der Waals surface area contributed by atoms with Gasteiger partial charge in [-0.2, -0.15) is 0 Å². The summed E-state index contributed by atoms with van der Waals surface area (Å²) in [5.41, 5.74) is 6.82. The average molecular weight is 286 g/mol. The zero-order valence-corrected chi connectivity index (χ0v) is 12.9. The van der Waals surface area contributed by atoms with Crippen molar-refractivity contribution in [3.8, 4) is 0 Å². The van der Waals surface area contributed by atoms with Gasteiger partial charge in [0.15, 0.2) is 0 Å². The lowest BCUT2D eigenvalue weighted by molar-refractivity contribution is 0.141. The van der Waals surface area contributed by atoms with Crippen LogP contribution in [0.2, 0.25) is 0 Å². The maximum absolute atomic E-state index is 12.5. The predicted octanol–water partition coefficient (Wildman–Crippen LogP) is 1.59. The minimum absolute atomic E-state index is 0.247. The number of hydrogen-bond acceptors (Lipinski definition) is 4. The van der Waals surface area contributed by atoms with Crippen molar-refractivity contribution in [2.45, 2.75) is 38.1 Å². The van der Waals surface area contributed by atoms with E-state index >= 15 is 0 Å². The molecule has 0 saturated heterocycles.